The molecule has 3 nitrogen and oxygen atoms in total. The molecular formula is C4H6O3. The molecule has 0 aromatic heterocycles. The molecule has 40 valence electrons. The minimum absolute atomic E-state index is 0.112. The quantitative estimate of drug-likeness (QED) is 0.401. The van der Waals surface area contributed by atoms with Gasteiger partial charge in [0.15, 0.2) is 0 Å². The molecule has 1 atom stereocenters. The smallest absolute Gasteiger partial charge is 0.334 e. The van der Waals surface area contributed by atoms with Crippen molar-refractivity contribution in [3.05, 3.63) is 0 Å². The maximum atomic E-state index is 10.1. The van der Waals surface area contributed by atoms with Crippen LogP contribution in [0.25, 0.3) is 0 Å². The zero-order valence-corrected chi connectivity index (χ0v) is 4.01. The van der Waals surface area contributed by atoms with Crippen LogP contribution in [0.3, 0.4) is 0 Å². The minimum Gasteiger partial charge on any atom is -0.434 e. The normalized spacial score (nSPS) is 30.4. The second-order valence-electron chi connectivity index (χ2n) is 1.37. The van der Waals surface area contributed by atoms with Crippen LogP contribution in [-0.4, -0.2) is 18.9 Å². The first-order valence-electron chi connectivity index (χ1n) is 2.10. The van der Waals surface area contributed by atoms with E-state index in [1.54, 1.807) is 6.92 Å². The molecule has 1 unspecified atom stereocenters. The molecule has 0 bridgehead atoms. The van der Waals surface area contributed by atoms with Gasteiger partial charge in [-0.25, -0.2) is 4.79 Å². The molecule has 1 aliphatic rings. The van der Waals surface area contributed by atoms with E-state index in [0.29, 0.717) is 0 Å². The highest BCUT2D eigenvalue weighted by molar-refractivity contribution is 5.71. The van der Waals surface area contributed by atoms with E-state index in [9.17, 15) is 4.79 Å². The lowest BCUT2D eigenvalue weighted by atomic mass is 10.8. The van der Waals surface area contributed by atoms with Crippen LogP contribution in [0.15, 0.2) is 0 Å². The Labute approximate surface area is 41.2 Å². The molecule has 1 heterocycles. The summed E-state index contributed by atoms with van der Waals surface area (Å²) in [7, 11) is 0. The number of hydrogen-bond acceptors (Lipinski definition) is 3. The van der Waals surface area contributed by atoms with Gasteiger partial charge < -0.3 is 9.47 Å². The summed E-state index contributed by atoms with van der Waals surface area (Å²) in [6, 6.07) is 0. The fourth-order valence-electron chi connectivity index (χ4n) is 0.439. The van der Waals surface area contributed by atoms with Crippen molar-refractivity contribution < 1.29 is 14.3 Å². The highest BCUT2D eigenvalue weighted by Crippen LogP contribution is 2.01. The molecule has 0 spiro atoms. The summed E-state index contributed by atoms with van der Waals surface area (Å²) in [5.41, 5.74) is 0. The summed E-state index contributed by atoms with van der Waals surface area (Å²) in [4.78, 5) is 10.1. The molecule has 0 amide bonds. The van der Waals surface area contributed by atoms with Gasteiger partial charge >= 0.3 is 5.97 Å². The lowest BCUT2D eigenvalue weighted by molar-refractivity contribution is -0.141. The summed E-state index contributed by atoms with van der Waals surface area (Å²) in [5.74, 6) is -0.271. The zero-order valence-electron chi connectivity index (χ0n) is 4.01. The van der Waals surface area contributed by atoms with E-state index in [0.717, 1.165) is 0 Å². The molecule has 0 saturated carbocycles. The first kappa shape index (κ1) is 4.59. The highest BCUT2D eigenvalue weighted by atomic mass is 16.7. The zero-order chi connectivity index (χ0) is 5.28. The van der Waals surface area contributed by atoms with Crippen LogP contribution in [0.1, 0.15) is 6.92 Å². The maximum Gasteiger partial charge on any atom is 0.334 e. The Morgan fingerprint density at radius 3 is 2.71 bits per heavy atom. The SMILES string of the molecule is CC1OCC(=O)O1. The number of rotatable bonds is 0. The minimum atomic E-state index is -0.326. The molecule has 1 aliphatic heterocycles. The monoisotopic (exact) mass is 102 g/mol. The van der Waals surface area contributed by atoms with Gasteiger partial charge in [0, 0.05) is 0 Å². The second kappa shape index (κ2) is 1.50. The van der Waals surface area contributed by atoms with Crippen molar-refractivity contribution in [2.24, 2.45) is 0 Å². The average molecular weight is 102 g/mol. The number of hydrogen-bond donors (Lipinski definition) is 0. The van der Waals surface area contributed by atoms with Gasteiger partial charge in [-0.3, -0.25) is 0 Å². The molecule has 1 saturated heterocycles. The molecular weight excluding hydrogens is 96.0 g/mol. The van der Waals surface area contributed by atoms with Gasteiger partial charge in [-0.1, -0.05) is 0 Å². The van der Waals surface area contributed by atoms with Crippen LogP contribution in [0, 0.1) is 0 Å². The van der Waals surface area contributed by atoms with Crippen LogP contribution in [0.5, 0.6) is 0 Å². The van der Waals surface area contributed by atoms with Crippen LogP contribution in [-0.2, 0) is 14.3 Å². The van der Waals surface area contributed by atoms with E-state index in [1.165, 1.54) is 0 Å². The lowest BCUT2D eigenvalue weighted by Gasteiger charge is -1.94. The van der Waals surface area contributed by atoms with Crippen molar-refractivity contribution in [3.8, 4) is 0 Å². The average Bonchev–Trinajstić information content (AvgIpc) is 1.87. The second-order valence-corrected chi connectivity index (χ2v) is 1.37. The molecule has 0 aliphatic carbocycles. The summed E-state index contributed by atoms with van der Waals surface area (Å²) in [6.07, 6.45) is -0.326. The van der Waals surface area contributed by atoms with Crippen LogP contribution < -0.4 is 0 Å². The number of carbonyl (C=O) groups is 1. The van der Waals surface area contributed by atoms with Gasteiger partial charge in [-0.2, -0.15) is 0 Å². The van der Waals surface area contributed by atoms with Crippen molar-refractivity contribution in [3.63, 3.8) is 0 Å². The maximum absolute atomic E-state index is 10.1. The van der Waals surface area contributed by atoms with E-state index in [-0.39, 0.29) is 18.9 Å². The van der Waals surface area contributed by atoms with Crippen molar-refractivity contribution in [2.45, 2.75) is 13.2 Å². The van der Waals surface area contributed by atoms with E-state index < -0.39 is 0 Å². The van der Waals surface area contributed by atoms with E-state index in [2.05, 4.69) is 4.74 Å². The molecule has 0 N–H and O–H groups in total. The van der Waals surface area contributed by atoms with Crippen molar-refractivity contribution >= 4 is 5.97 Å². The Bertz CT molecular complexity index is 88.9. The standard InChI is InChI=1S/C4H6O3/c1-3-6-2-4(5)7-3/h3H,2H2,1H3. The number of carbonyl (C=O) groups excluding carboxylic acids is 1. The van der Waals surface area contributed by atoms with Gasteiger partial charge in [0.25, 0.3) is 0 Å². The Hall–Kier alpha value is -0.570. The van der Waals surface area contributed by atoms with Gasteiger partial charge in [-0.15, -0.1) is 0 Å². The molecule has 0 aromatic rings. The van der Waals surface area contributed by atoms with Crippen molar-refractivity contribution in [2.75, 3.05) is 6.61 Å². The van der Waals surface area contributed by atoms with Crippen LogP contribution in [0.4, 0.5) is 0 Å². The highest BCUT2D eigenvalue weighted by Gasteiger charge is 2.17. The third kappa shape index (κ3) is 0.899. The van der Waals surface area contributed by atoms with Gasteiger partial charge in [0.05, 0.1) is 0 Å². The first-order valence-corrected chi connectivity index (χ1v) is 2.10. The van der Waals surface area contributed by atoms with E-state index in [4.69, 9.17) is 4.74 Å². The third-order valence-electron chi connectivity index (χ3n) is 0.733. The van der Waals surface area contributed by atoms with E-state index >= 15 is 0 Å². The Morgan fingerprint density at radius 1 is 1.86 bits per heavy atom. The molecule has 1 rings (SSSR count). The topological polar surface area (TPSA) is 35.5 Å². The number of esters is 1. The summed E-state index contributed by atoms with van der Waals surface area (Å²) in [6.45, 7) is 1.80. The molecule has 3 heteroatoms. The summed E-state index contributed by atoms with van der Waals surface area (Å²) >= 11 is 0. The number of cyclic esters (lactones) is 1. The van der Waals surface area contributed by atoms with Crippen LogP contribution >= 0.6 is 0 Å². The first-order chi connectivity index (χ1) is 3.29. The largest absolute Gasteiger partial charge is 0.434 e. The van der Waals surface area contributed by atoms with E-state index in [1.807, 2.05) is 0 Å². The molecule has 0 radical (unpaired) electrons. The van der Waals surface area contributed by atoms with Crippen molar-refractivity contribution in [1.29, 1.82) is 0 Å². The predicted molar refractivity (Wildman–Crippen MR) is 21.5 cm³/mol. The Balaban J connectivity index is 2.40. The molecule has 7 heavy (non-hydrogen) atoms. The van der Waals surface area contributed by atoms with Gasteiger partial charge in [-0.05, 0) is 6.92 Å². The fourth-order valence-corrected chi connectivity index (χ4v) is 0.439. The summed E-state index contributed by atoms with van der Waals surface area (Å²) in [5, 5.41) is 0. The molecule has 0 aromatic carbocycles. The number of ether oxygens (including phenoxy) is 2. The van der Waals surface area contributed by atoms with Gasteiger partial charge in [0.1, 0.15) is 6.61 Å². The van der Waals surface area contributed by atoms with Gasteiger partial charge in [0.2, 0.25) is 6.29 Å². The lowest BCUT2D eigenvalue weighted by Crippen LogP contribution is -2.00. The summed E-state index contributed by atoms with van der Waals surface area (Å²) < 4.78 is 9.19. The Kier molecular flexibility index (Phi) is 0.982. The van der Waals surface area contributed by atoms with Crippen molar-refractivity contribution in [1.82, 2.24) is 0 Å². The van der Waals surface area contributed by atoms with Crippen LogP contribution in [0.2, 0.25) is 0 Å². The predicted octanol–water partition coefficient (Wildman–Crippen LogP) is -0.0942. The Morgan fingerprint density at radius 2 is 2.57 bits per heavy atom. The third-order valence-corrected chi connectivity index (χ3v) is 0.733. The molecule has 1 fully saturated rings. The fraction of sp³-hybridized carbons (Fsp3) is 0.750.